The minimum atomic E-state index is 0.698. The molecule has 8 rings (SSSR count). The lowest BCUT2D eigenvalue weighted by molar-refractivity contribution is 1.09. The summed E-state index contributed by atoms with van der Waals surface area (Å²) in [7, 11) is 0. The van der Waals surface area contributed by atoms with Crippen molar-refractivity contribution in [2.24, 2.45) is 0 Å². The lowest BCUT2D eigenvalue weighted by Crippen LogP contribution is -2.01. The van der Waals surface area contributed by atoms with E-state index >= 15 is 0 Å². The van der Waals surface area contributed by atoms with E-state index in [1.165, 1.54) is 10.9 Å². The van der Waals surface area contributed by atoms with Crippen LogP contribution in [0.5, 0.6) is 0 Å². The van der Waals surface area contributed by atoms with Gasteiger partial charge >= 0.3 is 0 Å². The van der Waals surface area contributed by atoms with Gasteiger partial charge in [-0.15, -0.1) is 0 Å². The number of imidazole rings is 1. The number of rotatable bonds is 6. The van der Waals surface area contributed by atoms with Gasteiger partial charge in [0.05, 0.1) is 22.2 Å². The van der Waals surface area contributed by atoms with E-state index in [1.54, 1.807) is 0 Å². The minimum Gasteiger partial charge on any atom is -0.398 e. The van der Waals surface area contributed by atoms with E-state index in [2.05, 4.69) is 132 Å². The molecule has 0 aliphatic carbocycles. The molecule has 4 nitrogen and oxygen atoms in total. The summed E-state index contributed by atoms with van der Waals surface area (Å²) in [5.74, 6) is 0.895. The maximum atomic E-state index is 6.30. The summed E-state index contributed by atoms with van der Waals surface area (Å²) < 4.78 is 2.32. The van der Waals surface area contributed by atoms with Crippen LogP contribution in [0.4, 0.5) is 5.69 Å². The highest BCUT2D eigenvalue weighted by atomic mass is 15.1. The average Bonchev–Trinajstić information content (AvgIpc) is 3.49. The van der Waals surface area contributed by atoms with E-state index in [0.717, 1.165) is 66.9 Å². The molecule has 0 spiro atoms. The molecule has 2 N–H and O–H groups in total. The summed E-state index contributed by atoms with van der Waals surface area (Å²) >= 11 is 0. The fourth-order valence-electron chi connectivity index (χ4n) is 6.34. The van der Waals surface area contributed by atoms with Crippen molar-refractivity contribution in [1.82, 2.24) is 14.5 Å². The lowest BCUT2D eigenvalue weighted by atomic mass is 9.93. The smallest absolute Gasteiger partial charge is 0.145 e. The van der Waals surface area contributed by atoms with Crippen LogP contribution < -0.4 is 5.73 Å². The lowest BCUT2D eigenvalue weighted by Gasteiger charge is -2.16. The van der Waals surface area contributed by atoms with Gasteiger partial charge in [0.15, 0.2) is 0 Å². The van der Waals surface area contributed by atoms with Crippen molar-refractivity contribution in [2.45, 2.75) is 6.42 Å². The van der Waals surface area contributed by atoms with E-state index < -0.39 is 0 Å². The molecule has 8 aromatic rings. The maximum Gasteiger partial charge on any atom is 0.145 e. The second kappa shape index (κ2) is 11.3. The van der Waals surface area contributed by atoms with Crippen LogP contribution >= 0.6 is 0 Å². The number of aromatic nitrogens is 3. The van der Waals surface area contributed by atoms with Gasteiger partial charge in [0.2, 0.25) is 0 Å². The molecular weight excluding hydrogens is 548 g/mol. The number of benzene rings is 6. The molecule has 0 saturated heterocycles. The molecule has 2 aromatic heterocycles. The van der Waals surface area contributed by atoms with E-state index in [9.17, 15) is 0 Å². The molecule has 0 amide bonds. The Bertz CT molecular complexity index is 2350. The number of allylic oxidation sites excluding steroid dienone is 1. The first-order valence-corrected chi connectivity index (χ1v) is 15.2. The number of pyridine rings is 1. The van der Waals surface area contributed by atoms with Crippen LogP contribution in [0.3, 0.4) is 0 Å². The van der Waals surface area contributed by atoms with Crippen LogP contribution in [-0.4, -0.2) is 14.5 Å². The Labute approximate surface area is 261 Å². The number of para-hydroxylation sites is 3. The second-order valence-corrected chi connectivity index (χ2v) is 11.2. The van der Waals surface area contributed by atoms with E-state index in [1.807, 2.05) is 30.3 Å². The standard InChI is InChI=1S/C41H30N4/c42-35-24-11-7-14-28(35)18-13-23-34-32-21-9-10-22-33(32)38(37-27-26-29-15-8-12-25-36(29)43-37)39-40(34)45(31-19-5-2-6-20-31)41(44-39)30-16-3-1-4-17-30/h1-22,24-27H,23,42H2/b18-13-. The number of anilines is 1. The third-order valence-electron chi connectivity index (χ3n) is 8.44. The van der Waals surface area contributed by atoms with Gasteiger partial charge in [-0.05, 0) is 58.7 Å². The van der Waals surface area contributed by atoms with E-state index in [4.69, 9.17) is 15.7 Å². The summed E-state index contributed by atoms with van der Waals surface area (Å²) in [6, 6.07) is 50.2. The highest BCUT2D eigenvalue weighted by Crippen LogP contribution is 2.42. The van der Waals surface area contributed by atoms with Gasteiger partial charge in [-0.1, -0.05) is 127 Å². The summed E-state index contributed by atoms with van der Waals surface area (Å²) in [5.41, 5.74) is 16.3. The average molecular weight is 579 g/mol. The number of fused-ring (bicyclic) bond motifs is 3. The molecule has 0 saturated carbocycles. The maximum absolute atomic E-state index is 6.30. The molecule has 45 heavy (non-hydrogen) atoms. The SMILES string of the molecule is Nc1ccccc1/C=C\Cc1c2ccccc2c(-c2ccc3ccccc3n2)c2nc(-c3ccccc3)n(-c3ccccc3)c12. The molecule has 214 valence electrons. The van der Waals surface area contributed by atoms with Crippen LogP contribution in [-0.2, 0) is 6.42 Å². The number of hydrogen-bond donors (Lipinski definition) is 1. The summed E-state index contributed by atoms with van der Waals surface area (Å²) in [5, 5.41) is 3.42. The van der Waals surface area contributed by atoms with Gasteiger partial charge in [-0.2, -0.15) is 0 Å². The molecule has 0 atom stereocenters. The molecule has 0 bridgehead atoms. The highest BCUT2D eigenvalue weighted by Gasteiger charge is 2.24. The summed E-state index contributed by atoms with van der Waals surface area (Å²) in [6.07, 6.45) is 5.03. The molecule has 0 radical (unpaired) electrons. The van der Waals surface area contributed by atoms with Gasteiger partial charge in [-0.25, -0.2) is 9.97 Å². The summed E-state index contributed by atoms with van der Waals surface area (Å²) in [6.45, 7) is 0. The molecule has 0 aliphatic rings. The molecule has 4 heteroatoms. The zero-order valence-corrected chi connectivity index (χ0v) is 24.6. The molecule has 0 unspecified atom stereocenters. The van der Waals surface area contributed by atoms with E-state index in [-0.39, 0.29) is 0 Å². The van der Waals surface area contributed by atoms with Crippen molar-refractivity contribution >= 4 is 44.5 Å². The summed E-state index contributed by atoms with van der Waals surface area (Å²) in [4.78, 5) is 10.7. The topological polar surface area (TPSA) is 56.7 Å². The number of nitrogen functional groups attached to an aromatic ring is 1. The van der Waals surface area contributed by atoms with Crippen molar-refractivity contribution in [3.63, 3.8) is 0 Å². The predicted molar refractivity (Wildman–Crippen MR) is 188 cm³/mol. The fourth-order valence-corrected chi connectivity index (χ4v) is 6.34. The van der Waals surface area contributed by atoms with Crippen LogP contribution in [0.15, 0.2) is 152 Å². The number of nitrogens with zero attached hydrogens (tertiary/aromatic N) is 3. The molecular formula is C41H30N4. The van der Waals surface area contributed by atoms with Crippen LogP contribution in [0, 0.1) is 0 Å². The van der Waals surface area contributed by atoms with Gasteiger partial charge in [0.1, 0.15) is 5.82 Å². The number of nitrogens with two attached hydrogens (primary N) is 1. The first kappa shape index (κ1) is 26.6. The Kier molecular flexibility index (Phi) is 6.65. The third kappa shape index (κ3) is 4.73. The van der Waals surface area contributed by atoms with Crippen molar-refractivity contribution < 1.29 is 0 Å². The Morgan fingerprint density at radius 3 is 2.13 bits per heavy atom. The Morgan fingerprint density at radius 1 is 0.622 bits per heavy atom. The largest absolute Gasteiger partial charge is 0.398 e. The fraction of sp³-hybridized carbons (Fsp3) is 0.0244. The van der Waals surface area contributed by atoms with Gasteiger partial charge in [0, 0.05) is 27.9 Å². The van der Waals surface area contributed by atoms with Crippen LogP contribution in [0.2, 0.25) is 0 Å². The van der Waals surface area contributed by atoms with Crippen LogP contribution in [0.25, 0.3) is 67.1 Å². The van der Waals surface area contributed by atoms with Crippen LogP contribution in [0.1, 0.15) is 11.1 Å². The Morgan fingerprint density at radius 2 is 1.31 bits per heavy atom. The van der Waals surface area contributed by atoms with E-state index in [0.29, 0.717) is 6.42 Å². The van der Waals surface area contributed by atoms with Crippen molar-refractivity contribution in [3.8, 4) is 28.3 Å². The zero-order chi connectivity index (χ0) is 30.2. The van der Waals surface area contributed by atoms with Crippen molar-refractivity contribution in [1.29, 1.82) is 0 Å². The van der Waals surface area contributed by atoms with Gasteiger partial charge in [-0.3, -0.25) is 4.57 Å². The van der Waals surface area contributed by atoms with Gasteiger partial charge in [0.25, 0.3) is 0 Å². The quantitative estimate of drug-likeness (QED) is 0.200. The monoisotopic (exact) mass is 578 g/mol. The number of hydrogen-bond acceptors (Lipinski definition) is 3. The molecule has 0 fully saturated rings. The first-order valence-electron chi connectivity index (χ1n) is 15.2. The zero-order valence-electron chi connectivity index (χ0n) is 24.6. The molecule has 2 heterocycles. The Balaban J connectivity index is 1.49. The first-order chi connectivity index (χ1) is 22.3. The minimum absolute atomic E-state index is 0.698. The molecule has 6 aromatic carbocycles. The highest BCUT2D eigenvalue weighted by molar-refractivity contribution is 6.14. The van der Waals surface area contributed by atoms with Crippen molar-refractivity contribution in [3.05, 3.63) is 163 Å². The third-order valence-corrected chi connectivity index (χ3v) is 8.44. The second-order valence-electron chi connectivity index (χ2n) is 11.2. The Hall–Kier alpha value is -6.00. The molecule has 0 aliphatic heterocycles. The van der Waals surface area contributed by atoms with Gasteiger partial charge < -0.3 is 5.73 Å². The normalized spacial score (nSPS) is 11.6. The predicted octanol–water partition coefficient (Wildman–Crippen LogP) is 9.90. The van der Waals surface area contributed by atoms with Crippen molar-refractivity contribution in [2.75, 3.05) is 5.73 Å².